The van der Waals surface area contributed by atoms with Crippen molar-refractivity contribution in [3.05, 3.63) is 0 Å². The Labute approximate surface area is 106 Å². The fourth-order valence-electron chi connectivity index (χ4n) is 1.92. The fraction of sp³-hybridized carbons (Fsp3) is 0.923. The minimum Gasteiger partial charge on any atom is -0.465 e. The van der Waals surface area contributed by atoms with Crippen LogP contribution in [0.25, 0.3) is 0 Å². The van der Waals surface area contributed by atoms with Crippen LogP contribution in [0.2, 0.25) is 0 Å². The minimum atomic E-state index is -0.604. The average Bonchev–Trinajstić information content (AvgIpc) is 2.27. The van der Waals surface area contributed by atoms with Crippen LogP contribution in [0.1, 0.15) is 40.5 Å². The number of carbonyl (C=O) groups excluding carboxylic acids is 1. The van der Waals surface area contributed by atoms with E-state index in [0.717, 1.165) is 19.5 Å². The van der Waals surface area contributed by atoms with Crippen molar-refractivity contribution >= 4 is 5.97 Å². The zero-order valence-electron chi connectivity index (χ0n) is 12.0. The first kappa shape index (κ1) is 16.4. The number of likely N-dealkylation sites (N-methyl/N-ethyl adjacent to an activating group) is 2. The first-order valence-corrected chi connectivity index (χ1v) is 6.61. The Bertz CT molecular complexity index is 221. The second-order valence-corrected chi connectivity index (χ2v) is 4.67. The summed E-state index contributed by atoms with van der Waals surface area (Å²) in [7, 11) is 2.05. The Morgan fingerprint density at radius 2 is 2.00 bits per heavy atom. The van der Waals surface area contributed by atoms with E-state index in [2.05, 4.69) is 17.1 Å². The Balaban J connectivity index is 4.43. The van der Waals surface area contributed by atoms with Gasteiger partial charge in [-0.05, 0) is 40.4 Å². The van der Waals surface area contributed by atoms with Crippen LogP contribution in [0, 0.1) is 0 Å². The summed E-state index contributed by atoms with van der Waals surface area (Å²) in [5.41, 5.74) is -0.604. The zero-order valence-corrected chi connectivity index (χ0v) is 12.0. The summed E-state index contributed by atoms with van der Waals surface area (Å²) in [6, 6.07) is 0. The highest BCUT2D eigenvalue weighted by atomic mass is 16.5. The van der Waals surface area contributed by atoms with Crippen LogP contribution in [0.15, 0.2) is 0 Å². The first-order chi connectivity index (χ1) is 8.00. The molecule has 0 aromatic carbocycles. The normalized spacial score (nSPS) is 14.7. The van der Waals surface area contributed by atoms with Gasteiger partial charge in [-0.25, -0.2) is 0 Å². The quantitative estimate of drug-likeness (QED) is 0.626. The molecule has 0 amide bonds. The summed E-state index contributed by atoms with van der Waals surface area (Å²) < 4.78 is 5.14. The molecule has 0 fully saturated rings. The standard InChI is InChI=1S/C13H28N2O2/c1-6-9-10-15(5)11-13(4,14-7-2)12(16)17-8-3/h14H,6-11H2,1-5H3. The summed E-state index contributed by atoms with van der Waals surface area (Å²) >= 11 is 0. The number of hydrogen-bond donors (Lipinski definition) is 1. The van der Waals surface area contributed by atoms with E-state index in [1.165, 1.54) is 6.42 Å². The van der Waals surface area contributed by atoms with Crippen LogP contribution >= 0.6 is 0 Å². The van der Waals surface area contributed by atoms with Crippen molar-refractivity contribution < 1.29 is 9.53 Å². The van der Waals surface area contributed by atoms with Gasteiger partial charge in [-0.15, -0.1) is 0 Å². The van der Waals surface area contributed by atoms with Crippen LogP contribution in [0.5, 0.6) is 0 Å². The van der Waals surface area contributed by atoms with E-state index in [0.29, 0.717) is 13.2 Å². The minimum absolute atomic E-state index is 0.162. The molecular weight excluding hydrogens is 216 g/mol. The first-order valence-electron chi connectivity index (χ1n) is 6.61. The van der Waals surface area contributed by atoms with Crippen molar-refractivity contribution in [1.82, 2.24) is 10.2 Å². The van der Waals surface area contributed by atoms with Crippen LogP contribution in [-0.2, 0) is 9.53 Å². The molecule has 0 bridgehead atoms. The molecule has 102 valence electrons. The van der Waals surface area contributed by atoms with Gasteiger partial charge >= 0.3 is 5.97 Å². The molecule has 0 rings (SSSR count). The fourth-order valence-corrected chi connectivity index (χ4v) is 1.92. The molecule has 0 aromatic rings. The predicted molar refractivity (Wildman–Crippen MR) is 71.1 cm³/mol. The SMILES string of the molecule is CCCCN(C)CC(C)(NCC)C(=O)OCC. The summed E-state index contributed by atoms with van der Waals surface area (Å²) in [6.07, 6.45) is 2.32. The zero-order chi connectivity index (χ0) is 13.3. The van der Waals surface area contributed by atoms with E-state index in [-0.39, 0.29) is 5.97 Å². The molecule has 1 N–H and O–H groups in total. The van der Waals surface area contributed by atoms with Gasteiger partial charge < -0.3 is 15.0 Å². The van der Waals surface area contributed by atoms with Crippen LogP contribution in [0.4, 0.5) is 0 Å². The molecule has 17 heavy (non-hydrogen) atoms. The number of carbonyl (C=O) groups is 1. The van der Waals surface area contributed by atoms with Crippen LogP contribution in [-0.4, -0.2) is 49.7 Å². The van der Waals surface area contributed by atoms with Gasteiger partial charge in [-0.2, -0.15) is 0 Å². The molecular formula is C13H28N2O2. The maximum Gasteiger partial charge on any atom is 0.327 e. The third-order valence-electron chi connectivity index (χ3n) is 2.77. The lowest BCUT2D eigenvalue weighted by atomic mass is 10.0. The van der Waals surface area contributed by atoms with Crippen molar-refractivity contribution in [3.8, 4) is 0 Å². The highest BCUT2D eigenvalue weighted by Crippen LogP contribution is 2.09. The molecule has 0 aromatic heterocycles. The van der Waals surface area contributed by atoms with Gasteiger partial charge in [0.15, 0.2) is 0 Å². The smallest absolute Gasteiger partial charge is 0.327 e. The third kappa shape index (κ3) is 6.03. The molecule has 0 saturated carbocycles. The van der Waals surface area contributed by atoms with Gasteiger partial charge in [0.1, 0.15) is 5.54 Å². The van der Waals surface area contributed by atoms with E-state index >= 15 is 0 Å². The molecule has 0 aliphatic heterocycles. The summed E-state index contributed by atoms with van der Waals surface area (Å²) in [5, 5.41) is 3.23. The lowest BCUT2D eigenvalue weighted by molar-refractivity contribution is -0.151. The molecule has 0 heterocycles. The summed E-state index contributed by atoms with van der Waals surface area (Å²) in [4.78, 5) is 14.1. The number of hydrogen-bond acceptors (Lipinski definition) is 4. The molecule has 4 heteroatoms. The van der Waals surface area contributed by atoms with E-state index in [1.807, 2.05) is 27.8 Å². The van der Waals surface area contributed by atoms with Crippen molar-refractivity contribution in [1.29, 1.82) is 0 Å². The average molecular weight is 244 g/mol. The number of unbranched alkanes of at least 4 members (excludes halogenated alkanes) is 1. The van der Waals surface area contributed by atoms with E-state index < -0.39 is 5.54 Å². The third-order valence-corrected chi connectivity index (χ3v) is 2.77. The molecule has 0 radical (unpaired) electrons. The number of nitrogens with zero attached hydrogens (tertiary/aromatic N) is 1. The summed E-state index contributed by atoms with van der Waals surface area (Å²) in [5.74, 6) is -0.162. The van der Waals surface area contributed by atoms with Crippen molar-refractivity contribution in [2.75, 3.05) is 33.3 Å². The largest absolute Gasteiger partial charge is 0.465 e. The van der Waals surface area contributed by atoms with Crippen LogP contribution < -0.4 is 5.32 Å². The van der Waals surface area contributed by atoms with Crippen molar-refractivity contribution in [2.45, 2.75) is 46.1 Å². The number of esters is 1. The van der Waals surface area contributed by atoms with Crippen molar-refractivity contribution in [3.63, 3.8) is 0 Å². The number of rotatable bonds is 9. The highest BCUT2D eigenvalue weighted by molar-refractivity contribution is 5.80. The van der Waals surface area contributed by atoms with Gasteiger partial charge in [0.25, 0.3) is 0 Å². The Morgan fingerprint density at radius 3 is 2.47 bits per heavy atom. The van der Waals surface area contributed by atoms with Gasteiger partial charge in [-0.1, -0.05) is 20.3 Å². The van der Waals surface area contributed by atoms with Gasteiger partial charge in [0.2, 0.25) is 0 Å². The molecule has 0 aliphatic rings. The maximum atomic E-state index is 12.0. The van der Waals surface area contributed by atoms with Gasteiger partial charge in [0, 0.05) is 6.54 Å². The Hall–Kier alpha value is -0.610. The Morgan fingerprint density at radius 1 is 1.35 bits per heavy atom. The molecule has 1 atom stereocenters. The molecule has 0 saturated heterocycles. The lowest BCUT2D eigenvalue weighted by Gasteiger charge is -2.32. The van der Waals surface area contributed by atoms with Gasteiger partial charge in [-0.3, -0.25) is 4.79 Å². The summed E-state index contributed by atoms with van der Waals surface area (Å²) in [6.45, 7) is 10.8. The van der Waals surface area contributed by atoms with E-state index in [9.17, 15) is 4.79 Å². The second kappa shape index (κ2) is 8.48. The Kier molecular flexibility index (Phi) is 8.17. The molecule has 4 nitrogen and oxygen atoms in total. The number of ether oxygens (including phenoxy) is 1. The van der Waals surface area contributed by atoms with Crippen molar-refractivity contribution in [2.24, 2.45) is 0 Å². The molecule has 0 spiro atoms. The number of nitrogens with one attached hydrogen (secondary N) is 1. The molecule has 1 unspecified atom stereocenters. The lowest BCUT2D eigenvalue weighted by Crippen LogP contribution is -2.57. The maximum absolute atomic E-state index is 12.0. The van der Waals surface area contributed by atoms with E-state index in [1.54, 1.807) is 0 Å². The highest BCUT2D eigenvalue weighted by Gasteiger charge is 2.34. The van der Waals surface area contributed by atoms with Crippen LogP contribution in [0.3, 0.4) is 0 Å². The molecule has 0 aliphatic carbocycles. The predicted octanol–water partition coefficient (Wildman–Crippen LogP) is 1.65. The monoisotopic (exact) mass is 244 g/mol. The topological polar surface area (TPSA) is 41.6 Å². The second-order valence-electron chi connectivity index (χ2n) is 4.67. The van der Waals surface area contributed by atoms with Gasteiger partial charge in [0.05, 0.1) is 6.61 Å². The van der Waals surface area contributed by atoms with E-state index in [4.69, 9.17) is 4.74 Å².